The Morgan fingerprint density at radius 1 is 0.625 bits per heavy atom. The van der Waals surface area contributed by atoms with Crippen molar-refractivity contribution in [3.05, 3.63) is 88.5 Å². The molecule has 0 aliphatic rings. The second-order valence-corrected chi connectivity index (χ2v) is 8.53. The van der Waals surface area contributed by atoms with Crippen molar-refractivity contribution in [2.75, 3.05) is 41.7 Å². The SMILES string of the molecule is CCN(CC)c1ccc(C(c2ccc(N)cc2)c2ccc(N(CC)CC)cc2C)c(C)c1. The topological polar surface area (TPSA) is 32.5 Å². The predicted molar refractivity (Wildman–Crippen MR) is 141 cm³/mol. The van der Waals surface area contributed by atoms with Crippen LogP contribution in [0.2, 0.25) is 0 Å². The summed E-state index contributed by atoms with van der Waals surface area (Å²) in [6.07, 6.45) is 0. The lowest BCUT2D eigenvalue weighted by Gasteiger charge is -2.27. The Balaban J connectivity index is 2.13. The average molecular weight is 430 g/mol. The van der Waals surface area contributed by atoms with Gasteiger partial charge in [-0.25, -0.2) is 0 Å². The molecule has 0 atom stereocenters. The van der Waals surface area contributed by atoms with E-state index >= 15 is 0 Å². The van der Waals surface area contributed by atoms with Crippen molar-refractivity contribution in [3.8, 4) is 0 Å². The number of rotatable bonds is 9. The Morgan fingerprint density at radius 3 is 1.38 bits per heavy atom. The van der Waals surface area contributed by atoms with Gasteiger partial charge in [0, 0.05) is 49.2 Å². The Kier molecular flexibility index (Phi) is 7.84. The molecular weight excluding hydrogens is 390 g/mol. The number of nitrogen functional groups attached to an aromatic ring is 1. The minimum Gasteiger partial charge on any atom is -0.399 e. The fraction of sp³-hybridized carbons (Fsp3) is 0.379. The minimum absolute atomic E-state index is 0.173. The highest BCUT2D eigenvalue weighted by Crippen LogP contribution is 2.38. The van der Waals surface area contributed by atoms with Gasteiger partial charge in [-0.1, -0.05) is 24.3 Å². The fourth-order valence-corrected chi connectivity index (χ4v) is 4.75. The first-order valence-corrected chi connectivity index (χ1v) is 12.0. The van der Waals surface area contributed by atoms with Crippen molar-refractivity contribution in [2.45, 2.75) is 47.5 Å². The molecule has 0 spiro atoms. The molecule has 3 nitrogen and oxygen atoms in total. The third-order valence-corrected chi connectivity index (χ3v) is 6.66. The number of aryl methyl sites for hydroxylation is 2. The summed E-state index contributed by atoms with van der Waals surface area (Å²) in [6.45, 7) is 17.4. The molecule has 3 heteroatoms. The Morgan fingerprint density at radius 2 is 1.03 bits per heavy atom. The molecule has 0 radical (unpaired) electrons. The zero-order chi connectivity index (χ0) is 23.3. The first-order chi connectivity index (χ1) is 15.4. The van der Waals surface area contributed by atoms with E-state index in [1.807, 2.05) is 12.1 Å². The van der Waals surface area contributed by atoms with Crippen LogP contribution >= 0.6 is 0 Å². The van der Waals surface area contributed by atoms with Crippen molar-refractivity contribution in [1.29, 1.82) is 0 Å². The van der Waals surface area contributed by atoms with E-state index in [0.717, 1.165) is 31.9 Å². The average Bonchev–Trinajstić information content (AvgIpc) is 2.79. The second-order valence-electron chi connectivity index (χ2n) is 8.53. The number of hydrogen-bond acceptors (Lipinski definition) is 3. The summed E-state index contributed by atoms with van der Waals surface area (Å²) < 4.78 is 0. The highest BCUT2D eigenvalue weighted by atomic mass is 15.1. The van der Waals surface area contributed by atoms with Crippen LogP contribution in [-0.4, -0.2) is 26.2 Å². The second kappa shape index (κ2) is 10.6. The Bertz CT molecular complexity index is 954. The number of benzene rings is 3. The molecule has 3 rings (SSSR count). The smallest absolute Gasteiger partial charge is 0.0368 e. The molecule has 0 heterocycles. The highest BCUT2D eigenvalue weighted by Gasteiger charge is 2.22. The van der Waals surface area contributed by atoms with Crippen molar-refractivity contribution in [1.82, 2.24) is 0 Å². The summed E-state index contributed by atoms with van der Waals surface area (Å²) in [5.41, 5.74) is 16.0. The first-order valence-electron chi connectivity index (χ1n) is 12.0. The van der Waals surface area contributed by atoms with Crippen molar-refractivity contribution in [3.63, 3.8) is 0 Å². The molecular formula is C29H39N3. The summed E-state index contributed by atoms with van der Waals surface area (Å²) in [5.74, 6) is 0.173. The Labute approximate surface area is 194 Å². The van der Waals surface area contributed by atoms with E-state index in [1.54, 1.807) is 0 Å². The molecule has 32 heavy (non-hydrogen) atoms. The van der Waals surface area contributed by atoms with Crippen LogP contribution in [0.15, 0.2) is 60.7 Å². The van der Waals surface area contributed by atoms with E-state index in [4.69, 9.17) is 5.73 Å². The van der Waals surface area contributed by atoms with Gasteiger partial charge in [0.05, 0.1) is 0 Å². The van der Waals surface area contributed by atoms with Crippen LogP contribution in [0, 0.1) is 13.8 Å². The molecule has 3 aromatic carbocycles. The summed E-state index contributed by atoms with van der Waals surface area (Å²) in [6, 6.07) is 22.3. The van der Waals surface area contributed by atoms with E-state index in [1.165, 1.54) is 39.2 Å². The molecule has 2 N–H and O–H groups in total. The van der Waals surface area contributed by atoms with Crippen LogP contribution in [0.1, 0.15) is 61.4 Å². The molecule has 0 amide bonds. The number of anilines is 3. The molecule has 0 bridgehead atoms. The van der Waals surface area contributed by atoms with Gasteiger partial charge in [0.15, 0.2) is 0 Å². The van der Waals surface area contributed by atoms with Crippen LogP contribution in [0.3, 0.4) is 0 Å². The van der Waals surface area contributed by atoms with Crippen molar-refractivity contribution >= 4 is 17.1 Å². The van der Waals surface area contributed by atoms with Gasteiger partial charge >= 0.3 is 0 Å². The molecule has 170 valence electrons. The molecule has 0 aromatic heterocycles. The van der Waals surface area contributed by atoms with Gasteiger partial charge in [-0.2, -0.15) is 0 Å². The lowest BCUT2D eigenvalue weighted by atomic mass is 9.81. The van der Waals surface area contributed by atoms with Gasteiger partial charge in [0.25, 0.3) is 0 Å². The van der Waals surface area contributed by atoms with E-state index < -0.39 is 0 Å². The van der Waals surface area contributed by atoms with Crippen molar-refractivity contribution < 1.29 is 0 Å². The lowest BCUT2D eigenvalue weighted by molar-refractivity contribution is 0.859. The maximum Gasteiger partial charge on any atom is 0.0368 e. The molecule has 0 saturated carbocycles. The molecule has 0 unspecified atom stereocenters. The van der Waals surface area contributed by atoms with Crippen molar-refractivity contribution in [2.24, 2.45) is 0 Å². The zero-order valence-electron chi connectivity index (χ0n) is 20.7. The van der Waals surface area contributed by atoms with E-state index in [0.29, 0.717) is 0 Å². The number of nitrogens with two attached hydrogens (primary N) is 1. The Hall–Kier alpha value is -2.94. The monoisotopic (exact) mass is 429 g/mol. The largest absolute Gasteiger partial charge is 0.399 e. The number of hydrogen-bond donors (Lipinski definition) is 1. The summed E-state index contributed by atoms with van der Waals surface area (Å²) in [7, 11) is 0. The van der Waals surface area contributed by atoms with Gasteiger partial charge < -0.3 is 15.5 Å². The van der Waals surface area contributed by atoms with E-state index in [-0.39, 0.29) is 5.92 Å². The maximum atomic E-state index is 6.02. The number of nitrogens with zero attached hydrogens (tertiary/aromatic N) is 2. The van der Waals surface area contributed by atoms with Crippen LogP contribution in [0.4, 0.5) is 17.1 Å². The van der Waals surface area contributed by atoms with Gasteiger partial charge in [-0.3, -0.25) is 0 Å². The minimum atomic E-state index is 0.173. The summed E-state index contributed by atoms with van der Waals surface area (Å²) >= 11 is 0. The highest BCUT2D eigenvalue weighted by molar-refractivity contribution is 5.59. The summed E-state index contributed by atoms with van der Waals surface area (Å²) in [4.78, 5) is 4.80. The third-order valence-electron chi connectivity index (χ3n) is 6.66. The normalized spacial score (nSPS) is 11.1. The van der Waals surface area contributed by atoms with Gasteiger partial charge in [0.1, 0.15) is 0 Å². The first kappa shape index (κ1) is 23.7. The van der Waals surface area contributed by atoms with E-state index in [9.17, 15) is 0 Å². The standard InChI is InChI=1S/C29H39N3/c1-7-31(8-2)25-15-17-27(21(5)19-25)29(23-11-13-24(30)14-12-23)28-18-16-26(20-22(28)6)32(9-3)10-4/h11-20,29H,7-10,30H2,1-6H3. The van der Waals surface area contributed by atoms with Gasteiger partial charge in [0.2, 0.25) is 0 Å². The molecule has 3 aromatic rings. The van der Waals surface area contributed by atoms with Crippen LogP contribution in [-0.2, 0) is 0 Å². The molecule has 0 aliphatic heterocycles. The maximum absolute atomic E-state index is 6.02. The zero-order valence-corrected chi connectivity index (χ0v) is 20.7. The van der Waals surface area contributed by atoms with Crippen LogP contribution in [0.5, 0.6) is 0 Å². The predicted octanol–water partition coefficient (Wildman–Crippen LogP) is 6.76. The third kappa shape index (κ3) is 4.93. The molecule has 0 saturated heterocycles. The van der Waals surface area contributed by atoms with Crippen LogP contribution < -0.4 is 15.5 Å². The van der Waals surface area contributed by atoms with Crippen LogP contribution in [0.25, 0.3) is 0 Å². The molecule has 0 fully saturated rings. The quantitative estimate of drug-likeness (QED) is 0.301. The lowest BCUT2D eigenvalue weighted by Crippen LogP contribution is -2.22. The van der Waals surface area contributed by atoms with E-state index in [2.05, 4.69) is 99.9 Å². The fourth-order valence-electron chi connectivity index (χ4n) is 4.75. The van der Waals surface area contributed by atoms with Gasteiger partial charge in [-0.05, 0) is 106 Å². The molecule has 0 aliphatic carbocycles. The summed E-state index contributed by atoms with van der Waals surface area (Å²) in [5, 5.41) is 0. The van der Waals surface area contributed by atoms with Gasteiger partial charge in [-0.15, -0.1) is 0 Å².